The summed E-state index contributed by atoms with van der Waals surface area (Å²) in [6.45, 7) is 12.1. The minimum Gasteiger partial charge on any atom is -0.344 e. The molecule has 7 heteroatoms. The summed E-state index contributed by atoms with van der Waals surface area (Å²) in [4.78, 5) is 53.9. The number of carbonyl (C=O) groups is 4. The second-order valence-electron chi connectivity index (χ2n) is 11.3. The van der Waals surface area contributed by atoms with Gasteiger partial charge in [0.1, 0.15) is 12.1 Å². The molecule has 0 aromatic carbocycles. The minimum absolute atomic E-state index is 0.0491. The van der Waals surface area contributed by atoms with E-state index in [4.69, 9.17) is 0 Å². The molecule has 1 aliphatic heterocycles. The second kappa shape index (κ2) is 15.9. The summed E-state index contributed by atoms with van der Waals surface area (Å²) < 4.78 is 0. The fraction of sp³-hybridized carbons (Fsp3) is 0.800. The third kappa shape index (κ3) is 9.57. The lowest BCUT2D eigenvalue weighted by atomic mass is 9.99. The Morgan fingerprint density at radius 2 is 1.62 bits per heavy atom. The van der Waals surface area contributed by atoms with Crippen LogP contribution in [0.15, 0.2) is 12.2 Å². The highest BCUT2D eigenvalue weighted by Gasteiger charge is 2.38. The van der Waals surface area contributed by atoms with Gasteiger partial charge in [0.05, 0.1) is 6.04 Å². The first kappa shape index (κ1) is 31.0. The maximum atomic E-state index is 13.7. The Labute approximate surface area is 224 Å². The molecule has 37 heavy (non-hydrogen) atoms. The number of rotatable bonds is 16. The number of unbranched alkanes of at least 4 members (excludes halogenated alkanes) is 4. The molecule has 5 unspecified atom stereocenters. The van der Waals surface area contributed by atoms with Gasteiger partial charge in [0.15, 0.2) is 5.78 Å². The van der Waals surface area contributed by atoms with Gasteiger partial charge in [-0.2, -0.15) is 0 Å². The van der Waals surface area contributed by atoms with E-state index in [2.05, 4.69) is 31.1 Å². The van der Waals surface area contributed by atoms with Crippen LogP contribution in [0.5, 0.6) is 0 Å². The molecule has 3 amide bonds. The van der Waals surface area contributed by atoms with E-state index in [0.29, 0.717) is 49.6 Å². The lowest BCUT2D eigenvalue weighted by molar-refractivity contribution is -0.142. The van der Waals surface area contributed by atoms with E-state index in [1.807, 2.05) is 6.92 Å². The van der Waals surface area contributed by atoms with E-state index in [1.165, 1.54) is 12.8 Å². The number of nitrogens with zero attached hydrogens (tertiary/aromatic N) is 1. The summed E-state index contributed by atoms with van der Waals surface area (Å²) in [5.74, 6) is 0.414. The van der Waals surface area contributed by atoms with Crippen molar-refractivity contribution >= 4 is 23.5 Å². The van der Waals surface area contributed by atoms with Crippen LogP contribution < -0.4 is 10.6 Å². The summed E-state index contributed by atoms with van der Waals surface area (Å²) in [5, 5.41) is 5.91. The molecular formula is C30H51N3O4. The molecule has 0 aromatic heterocycles. The van der Waals surface area contributed by atoms with Crippen LogP contribution in [0.25, 0.3) is 0 Å². The molecule has 2 rings (SSSR count). The third-order valence-corrected chi connectivity index (χ3v) is 8.23. The van der Waals surface area contributed by atoms with Crippen LogP contribution in [0.4, 0.5) is 0 Å². The summed E-state index contributed by atoms with van der Waals surface area (Å²) in [5.41, 5.74) is 0.407. The maximum Gasteiger partial charge on any atom is 0.245 e. The van der Waals surface area contributed by atoms with E-state index in [0.717, 1.165) is 51.4 Å². The van der Waals surface area contributed by atoms with Gasteiger partial charge >= 0.3 is 0 Å². The van der Waals surface area contributed by atoms with Crippen molar-refractivity contribution in [2.24, 2.45) is 11.8 Å². The number of nitrogens with one attached hydrogen (secondary N) is 2. The molecule has 5 atom stereocenters. The van der Waals surface area contributed by atoms with Crippen molar-refractivity contribution < 1.29 is 19.2 Å². The van der Waals surface area contributed by atoms with Crippen LogP contribution in [0, 0.1) is 11.8 Å². The number of likely N-dealkylation sites (tertiary alicyclic amines) is 1. The number of Topliss-reactive ketones (excluding diaryl/α,β-unsaturated/α-hetero) is 1. The van der Waals surface area contributed by atoms with E-state index in [-0.39, 0.29) is 23.5 Å². The first-order valence-corrected chi connectivity index (χ1v) is 14.8. The number of ketones is 1. The zero-order valence-corrected chi connectivity index (χ0v) is 23.8. The van der Waals surface area contributed by atoms with Crippen LogP contribution in [-0.2, 0) is 19.2 Å². The zero-order chi connectivity index (χ0) is 27.4. The van der Waals surface area contributed by atoms with Crippen LogP contribution in [-0.4, -0.2) is 53.1 Å². The van der Waals surface area contributed by atoms with Crippen molar-refractivity contribution in [1.82, 2.24) is 15.5 Å². The van der Waals surface area contributed by atoms with Crippen LogP contribution >= 0.6 is 0 Å². The Bertz CT molecular complexity index is 796. The first-order chi connectivity index (χ1) is 17.7. The highest BCUT2D eigenvalue weighted by Crippen LogP contribution is 2.34. The van der Waals surface area contributed by atoms with E-state index < -0.39 is 18.1 Å². The molecule has 0 radical (unpaired) electrons. The van der Waals surface area contributed by atoms with Gasteiger partial charge in [-0.05, 0) is 62.9 Å². The summed E-state index contributed by atoms with van der Waals surface area (Å²) in [7, 11) is 0. The normalized spacial score (nSPS) is 22.9. The molecule has 2 fully saturated rings. The molecule has 1 heterocycles. The number of carbonyl (C=O) groups excluding carboxylic acids is 4. The fourth-order valence-electron chi connectivity index (χ4n) is 5.88. The van der Waals surface area contributed by atoms with Crippen molar-refractivity contribution in [3.63, 3.8) is 0 Å². The Kier molecular flexibility index (Phi) is 13.4. The molecule has 2 N–H and O–H groups in total. The van der Waals surface area contributed by atoms with Gasteiger partial charge in [-0.1, -0.05) is 72.3 Å². The molecule has 0 bridgehead atoms. The van der Waals surface area contributed by atoms with E-state index in [9.17, 15) is 19.2 Å². The second-order valence-corrected chi connectivity index (χ2v) is 11.3. The average Bonchev–Trinajstić information content (AvgIpc) is 3.55. The van der Waals surface area contributed by atoms with E-state index >= 15 is 0 Å². The van der Waals surface area contributed by atoms with Crippen LogP contribution in [0.3, 0.4) is 0 Å². The minimum atomic E-state index is -0.630. The largest absolute Gasteiger partial charge is 0.344 e. The fourth-order valence-corrected chi connectivity index (χ4v) is 5.88. The van der Waals surface area contributed by atoms with Crippen LogP contribution in [0.2, 0.25) is 0 Å². The molecule has 7 nitrogen and oxygen atoms in total. The Balaban J connectivity index is 2.05. The van der Waals surface area contributed by atoms with Crippen molar-refractivity contribution in [2.45, 2.75) is 136 Å². The summed E-state index contributed by atoms with van der Waals surface area (Å²) in [6, 6.07) is -1.85. The van der Waals surface area contributed by atoms with Gasteiger partial charge < -0.3 is 15.5 Å². The van der Waals surface area contributed by atoms with Gasteiger partial charge in [0, 0.05) is 13.0 Å². The monoisotopic (exact) mass is 517 g/mol. The molecule has 1 saturated heterocycles. The molecule has 1 saturated carbocycles. The van der Waals surface area contributed by atoms with Crippen molar-refractivity contribution in [3.05, 3.63) is 12.2 Å². The first-order valence-electron chi connectivity index (χ1n) is 14.8. The topological polar surface area (TPSA) is 95.6 Å². The number of hydrogen-bond acceptors (Lipinski definition) is 4. The molecule has 210 valence electrons. The molecule has 0 aromatic rings. The Hall–Kier alpha value is -2.18. The molecule has 0 spiro atoms. The Morgan fingerprint density at radius 1 is 0.919 bits per heavy atom. The predicted molar refractivity (Wildman–Crippen MR) is 148 cm³/mol. The molecule has 1 aliphatic carbocycles. The SMILES string of the molecule is C=C(C)C(=O)C(CC)NC(=O)C1CCCN1C(=O)C(CCCCCCC)NC(=O)CC1CCC(CC)C1. The third-order valence-electron chi connectivity index (χ3n) is 8.23. The van der Waals surface area contributed by atoms with Gasteiger partial charge in [0.25, 0.3) is 0 Å². The quantitative estimate of drug-likeness (QED) is 0.220. The van der Waals surface area contributed by atoms with Crippen LogP contribution in [0.1, 0.15) is 118 Å². The standard InChI is InChI=1S/C30H51N3O4/c1-6-9-10-11-12-14-25(31-27(34)20-23-17-16-22(7-2)19-23)30(37)33-18-13-15-26(33)29(36)32-24(8-3)28(35)21(4)5/h22-26H,4,6-20H2,1-3,5H3,(H,31,34)(H,32,36). The highest BCUT2D eigenvalue weighted by molar-refractivity contribution is 6.01. The smallest absolute Gasteiger partial charge is 0.245 e. The van der Waals surface area contributed by atoms with Gasteiger partial charge in [-0.15, -0.1) is 0 Å². The molecule has 2 aliphatic rings. The predicted octanol–water partition coefficient (Wildman–Crippen LogP) is 5.08. The zero-order valence-electron chi connectivity index (χ0n) is 23.8. The van der Waals surface area contributed by atoms with Gasteiger partial charge in [-0.3, -0.25) is 19.2 Å². The maximum absolute atomic E-state index is 13.7. The number of amides is 3. The van der Waals surface area contributed by atoms with Crippen molar-refractivity contribution in [2.75, 3.05) is 6.54 Å². The van der Waals surface area contributed by atoms with Gasteiger partial charge in [-0.25, -0.2) is 0 Å². The Morgan fingerprint density at radius 3 is 2.24 bits per heavy atom. The lowest BCUT2D eigenvalue weighted by Crippen LogP contribution is -2.55. The highest BCUT2D eigenvalue weighted by atomic mass is 16.2. The lowest BCUT2D eigenvalue weighted by Gasteiger charge is -2.30. The van der Waals surface area contributed by atoms with E-state index in [1.54, 1.807) is 11.8 Å². The van der Waals surface area contributed by atoms with Crippen molar-refractivity contribution in [3.8, 4) is 0 Å². The number of hydrogen-bond donors (Lipinski definition) is 2. The van der Waals surface area contributed by atoms with Crippen molar-refractivity contribution in [1.29, 1.82) is 0 Å². The summed E-state index contributed by atoms with van der Waals surface area (Å²) >= 11 is 0. The van der Waals surface area contributed by atoms with Gasteiger partial charge in [0.2, 0.25) is 17.7 Å². The molecular weight excluding hydrogens is 466 g/mol. The summed E-state index contributed by atoms with van der Waals surface area (Å²) in [6.07, 6.45) is 12.7. The average molecular weight is 518 g/mol.